The average Bonchev–Trinajstić information content (AvgIpc) is 3.24. The number of hydrogen-bond acceptors (Lipinski definition) is 5. The predicted molar refractivity (Wildman–Crippen MR) is 109 cm³/mol. The van der Waals surface area contributed by atoms with Crippen LogP contribution in [0.1, 0.15) is 48.0 Å². The number of allylic oxidation sites excluding steroid dienone is 1. The molecule has 28 heavy (non-hydrogen) atoms. The molecule has 0 aliphatic heterocycles. The standard InChI is InChI=1S/C22H23NO4S/c1-3-4-5-10-23-18-12(2)15(8-9-16(18)28-22(23)27)21(26)17-19(24)13-6-7-14(11-13)20(17)25/h3,8-9,13-14,17H,1,4-7,10-11H2,2H3. The van der Waals surface area contributed by atoms with E-state index in [1.54, 1.807) is 23.6 Å². The maximum absolute atomic E-state index is 13.2. The third-order valence-electron chi connectivity index (χ3n) is 6.21. The van der Waals surface area contributed by atoms with E-state index < -0.39 is 11.7 Å². The number of aromatic nitrogens is 1. The molecule has 0 radical (unpaired) electrons. The molecule has 2 unspecified atom stereocenters. The number of nitrogens with zero attached hydrogens (tertiary/aromatic N) is 1. The number of thiazole rings is 1. The van der Waals surface area contributed by atoms with Crippen LogP contribution in [0.2, 0.25) is 0 Å². The molecule has 2 fully saturated rings. The van der Waals surface area contributed by atoms with Crippen molar-refractivity contribution < 1.29 is 14.4 Å². The van der Waals surface area contributed by atoms with Crippen LogP contribution in [-0.4, -0.2) is 21.9 Å². The quantitative estimate of drug-likeness (QED) is 0.322. The van der Waals surface area contributed by atoms with Gasteiger partial charge in [-0.15, -0.1) is 6.58 Å². The predicted octanol–water partition coefficient (Wildman–Crippen LogP) is 3.70. The number of Topliss-reactive ketones (excluding diaryl/α,β-unsaturated/α-hetero) is 3. The molecule has 2 atom stereocenters. The first kappa shape index (κ1) is 19.0. The van der Waals surface area contributed by atoms with E-state index in [9.17, 15) is 19.2 Å². The number of carbonyl (C=O) groups excluding carboxylic acids is 3. The summed E-state index contributed by atoms with van der Waals surface area (Å²) in [5.41, 5.74) is 1.80. The number of ketones is 3. The van der Waals surface area contributed by atoms with Crippen LogP contribution in [0.15, 0.2) is 29.6 Å². The topological polar surface area (TPSA) is 73.2 Å². The lowest BCUT2D eigenvalue weighted by molar-refractivity contribution is -0.137. The Kier molecular flexibility index (Phi) is 4.91. The highest BCUT2D eigenvalue weighted by Crippen LogP contribution is 2.41. The fraction of sp³-hybridized carbons (Fsp3) is 0.455. The second kappa shape index (κ2) is 7.24. The number of benzene rings is 1. The molecular weight excluding hydrogens is 374 g/mol. The lowest BCUT2D eigenvalue weighted by Crippen LogP contribution is -2.41. The summed E-state index contributed by atoms with van der Waals surface area (Å²) in [5, 5.41) is 0. The highest BCUT2D eigenvalue weighted by Gasteiger charge is 2.50. The summed E-state index contributed by atoms with van der Waals surface area (Å²) < 4.78 is 2.52. The maximum Gasteiger partial charge on any atom is 0.308 e. The van der Waals surface area contributed by atoms with Gasteiger partial charge in [0.1, 0.15) is 5.92 Å². The molecule has 1 aromatic carbocycles. The maximum atomic E-state index is 13.2. The molecule has 2 aliphatic rings. The van der Waals surface area contributed by atoms with E-state index in [0.29, 0.717) is 36.9 Å². The van der Waals surface area contributed by atoms with Crippen molar-refractivity contribution in [2.45, 2.75) is 45.6 Å². The van der Waals surface area contributed by atoms with Crippen LogP contribution in [-0.2, 0) is 16.1 Å². The van der Waals surface area contributed by atoms with Crippen molar-refractivity contribution in [1.82, 2.24) is 4.57 Å². The van der Waals surface area contributed by atoms with Gasteiger partial charge in [-0.1, -0.05) is 17.4 Å². The van der Waals surface area contributed by atoms with Gasteiger partial charge < -0.3 is 0 Å². The summed E-state index contributed by atoms with van der Waals surface area (Å²) in [5.74, 6) is -2.30. The van der Waals surface area contributed by atoms with Crippen molar-refractivity contribution in [3.05, 3.63) is 45.6 Å². The van der Waals surface area contributed by atoms with Crippen molar-refractivity contribution >= 4 is 38.9 Å². The normalized spacial score (nSPS) is 24.1. The minimum absolute atomic E-state index is 0.0605. The highest BCUT2D eigenvalue weighted by molar-refractivity contribution is 7.16. The van der Waals surface area contributed by atoms with Gasteiger partial charge in [-0.25, -0.2) is 0 Å². The van der Waals surface area contributed by atoms with E-state index in [0.717, 1.165) is 34.4 Å². The average molecular weight is 397 g/mol. The van der Waals surface area contributed by atoms with Crippen LogP contribution in [0.4, 0.5) is 0 Å². The van der Waals surface area contributed by atoms with Crippen molar-refractivity contribution in [3.63, 3.8) is 0 Å². The summed E-state index contributed by atoms with van der Waals surface area (Å²) in [6, 6.07) is 3.43. The fourth-order valence-electron chi connectivity index (χ4n) is 4.72. The molecule has 0 saturated heterocycles. The van der Waals surface area contributed by atoms with Crippen LogP contribution in [0.5, 0.6) is 0 Å². The molecule has 2 aromatic rings. The van der Waals surface area contributed by atoms with Crippen molar-refractivity contribution in [1.29, 1.82) is 0 Å². The van der Waals surface area contributed by atoms with E-state index in [4.69, 9.17) is 0 Å². The first-order valence-electron chi connectivity index (χ1n) is 9.79. The smallest absolute Gasteiger partial charge is 0.298 e. The molecule has 5 nitrogen and oxygen atoms in total. The molecule has 1 aromatic heterocycles. The third kappa shape index (κ3) is 2.91. The number of rotatable bonds is 6. The summed E-state index contributed by atoms with van der Waals surface area (Å²) >= 11 is 1.16. The number of aryl methyl sites for hydroxylation is 2. The van der Waals surface area contributed by atoms with Crippen LogP contribution < -0.4 is 4.87 Å². The molecule has 4 rings (SSSR count). The molecular formula is C22H23NO4S. The summed E-state index contributed by atoms with van der Waals surface area (Å²) in [7, 11) is 0. The van der Waals surface area contributed by atoms with Gasteiger partial charge in [0.25, 0.3) is 0 Å². The zero-order valence-electron chi connectivity index (χ0n) is 15.9. The first-order valence-corrected chi connectivity index (χ1v) is 10.6. The van der Waals surface area contributed by atoms with Gasteiger partial charge in [-0.2, -0.15) is 0 Å². The van der Waals surface area contributed by atoms with Crippen molar-refractivity contribution in [2.75, 3.05) is 0 Å². The Morgan fingerprint density at radius 3 is 2.54 bits per heavy atom. The lowest BCUT2D eigenvalue weighted by atomic mass is 9.75. The second-order valence-electron chi connectivity index (χ2n) is 7.84. The fourth-order valence-corrected chi connectivity index (χ4v) is 5.70. The number of carbonyl (C=O) groups is 3. The van der Waals surface area contributed by atoms with Crippen molar-refractivity contribution in [3.8, 4) is 0 Å². The number of fused-ring (bicyclic) bond motifs is 3. The molecule has 2 aliphatic carbocycles. The number of hydrogen-bond donors (Lipinski definition) is 0. The van der Waals surface area contributed by atoms with Crippen LogP contribution in [0.3, 0.4) is 0 Å². The zero-order valence-corrected chi connectivity index (χ0v) is 16.7. The molecule has 146 valence electrons. The van der Waals surface area contributed by atoms with Crippen LogP contribution in [0.25, 0.3) is 10.2 Å². The summed E-state index contributed by atoms with van der Waals surface area (Å²) in [6.45, 7) is 6.06. The number of unbranched alkanes of at least 4 members (excludes halogenated alkanes) is 1. The molecule has 0 spiro atoms. The van der Waals surface area contributed by atoms with Gasteiger partial charge in [0.05, 0.1) is 10.2 Å². The lowest BCUT2D eigenvalue weighted by Gasteiger charge is -2.24. The summed E-state index contributed by atoms with van der Waals surface area (Å²) in [6.07, 6.45) is 5.43. The van der Waals surface area contributed by atoms with Gasteiger partial charge in [0.2, 0.25) is 0 Å². The van der Waals surface area contributed by atoms with E-state index >= 15 is 0 Å². The third-order valence-corrected chi connectivity index (χ3v) is 7.15. The molecule has 1 heterocycles. The van der Waals surface area contributed by atoms with Gasteiger partial charge in [0.15, 0.2) is 17.3 Å². The van der Waals surface area contributed by atoms with Crippen LogP contribution >= 0.6 is 11.3 Å². The Hall–Kier alpha value is -2.34. The molecule has 0 amide bonds. The Morgan fingerprint density at radius 1 is 1.21 bits per heavy atom. The van der Waals surface area contributed by atoms with Gasteiger partial charge >= 0.3 is 4.87 Å². The Morgan fingerprint density at radius 2 is 1.89 bits per heavy atom. The summed E-state index contributed by atoms with van der Waals surface area (Å²) in [4.78, 5) is 51.1. The highest BCUT2D eigenvalue weighted by atomic mass is 32.1. The van der Waals surface area contributed by atoms with Crippen molar-refractivity contribution in [2.24, 2.45) is 17.8 Å². The Balaban J connectivity index is 1.75. The van der Waals surface area contributed by atoms with E-state index in [-0.39, 0.29) is 28.3 Å². The second-order valence-corrected chi connectivity index (χ2v) is 8.84. The monoisotopic (exact) mass is 397 g/mol. The first-order chi connectivity index (χ1) is 13.4. The Labute approximate surface area is 167 Å². The van der Waals surface area contributed by atoms with E-state index in [1.807, 2.05) is 6.08 Å². The minimum atomic E-state index is -1.16. The largest absolute Gasteiger partial charge is 0.308 e. The molecule has 2 saturated carbocycles. The molecule has 2 bridgehead atoms. The molecule has 0 N–H and O–H groups in total. The van der Waals surface area contributed by atoms with Gasteiger partial charge in [-0.05, 0) is 56.7 Å². The Bertz CT molecular complexity index is 1040. The SMILES string of the molecule is C=CCCCn1c(=O)sc2ccc(C(=O)C3C(=O)C4CCC(C4)C3=O)c(C)c21. The van der Waals surface area contributed by atoms with E-state index in [2.05, 4.69) is 6.58 Å². The van der Waals surface area contributed by atoms with Crippen LogP contribution in [0, 0.1) is 24.7 Å². The van der Waals surface area contributed by atoms with Gasteiger partial charge in [0, 0.05) is 23.9 Å². The zero-order chi connectivity index (χ0) is 20.0. The minimum Gasteiger partial charge on any atom is -0.298 e. The van der Waals surface area contributed by atoms with Gasteiger partial charge in [-0.3, -0.25) is 23.7 Å². The van der Waals surface area contributed by atoms with E-state index in [1.165, 1.54) is 0 Å². The molecule has 6 heteroatoms.